The Morgan fingerprint density at radius 3 is 2.22 bits per heavy atom. The van der Waals surface area contributed by atoms with Crippen LogP contribution in [0.25, 0.3) is 10.9 Å². The van der Waals surface area contributed by atoms with Gasteiger partial charge in [0.25, 0.3) is 5.91 Å². The van der Waals surface area contributed by atoms with E-state index in [1.807, 2.05) is 75.4 Å². The summed E-state index contributed by atoms with van der Waals surface area (Å²) in [6, 6.07) is 14.6. The maximum absolute atomic E-state index is 13.6. The summed E-state index contributed by atoms with van der Waals surface area (Å²) in [5.41, 5.74) is 1.98. The fraction of sp³-hybridized carbons (Fsp3) is 0.455. The summed E-state index contributed by atoms with van der Waals surface area (Å²) in [4.78, 5) is 47.8. The van der Waals surface area contributed by atoms with Gasteiger partial charge in [-0.15, -0.1) is 0 Å². The lowest BCUT2D eigenvalue weighted by atomic mass is 9.83. The number of aromatic amines is 1. The van der Waals surface area contributed by atoms with E-state index in [0.717, 1.165) is 22.0 Å². The highest BCUT2D eigenvalue weighted by Gasteiger charge is 2.36. The van der Waals surface area contributed by atoms with E-state index in [1.54, 1.807) is 6.20 Å². The molecule has 0 saturated heterocycles. The Hall–Kier alpha value is -4.26. The molecule has 0 spiro atoms. The topological polar surface area (TPSA) is 172 Å². The molecule has 3 unspecified atom stereocenters. The predicted octanol–water partition coefficient (Wildman–Crippen LogP) is 2.27. The van der Waals surface area contributed by atoms with Crippen molar-refractivity contribution in [1.82, 2.24) is 15.6 Å². The van der Waals surface area contributed by atoms with E-state index in [4.69, 9.17) is 14.3 Å². The van der Waals surface area contributed by atoms with Crippen LogP contribution in [0.15, 0.2) is 65.9 Å². The molecule has 45 heavy (non-hydrogen) atoms. The van der Waals surface area contributed by atoms with E-state index >= 15 is 0 Å². The summed E-state index contributed by atoms with van der Waals surface area (Å²) < 4.78 is 10.5. The van der Waals surface area contributed by atoms with E-state index in [2.05, 4.69) is 20.8 Å². The quantitative estimate of drug-likeness (QED) is 0.0974. The molecular formula is C33H44N4O8. The monoisotopic (exact) mass is 624 g/mol. The average Bonchev–Trinajstić information content (AvgIpc) is 3.41. The normalized spacial score (nSPS) is 15.4. The molecule has 3 aromatic rings. The molecule has 0 aliphatic carbocycles. The number of nitrogens with zero attached hydrogens (tertiary/aromatic N) is 1. The van der Waals surface area contributed by atoms with Crippen LogP contribution in [0.1, 0.15) is 38.8 Å². The Labute approximate surface area is 263 Å². The number of carbonyl (C=O) groups is 3. The zero-order valence-electron chi connectivity index (χ0n) is 26.6. The molecule has 12 nitrogen and oxygen atoms in total. The predicted molar refractivity (Wildman–Crippen MR) is 169 cm³/mol. The van der Waals surface area contributed by atoms with E-state index in [0.29, 0.717) is 0 Å². The highest BCUT2D eigenvalue weighted by atomic mass is 16.6. The Balaban J connectivity index is 1.78. The summed E-state index contributed by atoms with van der Waals surface area (Å²) in [6.45, 7) is 6.40. The van der Waals surface area contributed by atoms with Crippen molar-refractivity contribution >= 4 is 34.4 Å². The number of esters is 1. The van der Waals surface area contributed by atoms with Gasteiger partial charge in [0.1, 0.15) is 30.0 Å². The number of fused-ring (bicyclic) bond motifs is 1. The number of para-hydroxylation sites is 1. The number of rotatable bonds is 15. The molecule has 5 N–H and O–H groups in total. The molecule has 12 heteroatoms. The molecule has 0 aliphatic heterocycles. The molecule has 0 radical (unpaired) electrons. The van der Waals surface area contributed by atoms with Gasteiger partial charge in [0.05, 0.1) is 13.2 Å². The van der Waals surface area contributed by atoms with Gasteiger partial charge < -0.3 is 40.1 Å². The van der Waals surface area contributed by atoms with Crippen molar-refractivity contribution in [1.29, 1.82) is 0 Å². The highest BCUT2D eigenvalue weighted by Crippen LogP contribution is 2.25. The summed E-state index contributed by atoms with van der Waals surface area (Å²) >= 11 is 0. The number of methoxy groups -OCH3 is 2. The minimum atomic E-state index is -1.40. The Kier molecular flexibility index (Phi) is 12.7. The molecule has 0 bridgehead atoms. The second-order valence-electron chi connectivity index (χ2n) is 11.9. The van der Waals surface area contributed by atoms with Crippen LogP contribution in [-0.2, 0) is 41.5 Å². The molecule has 2 aromatic carbocycles. The van der Waals surface area contributed by atoms with Gasteiger partial charge in [-0.3, -0.25) is 9.59 Å². The summed E-state index contributed by atoms with van der Waals surface area (Å²) in [5, 5.41) is 30.8. The maximum Gasteiger partial charge on any atom is 0.328 e. The number of aliphatic hydroxyl groups excluding tert-OH is 2. The number of nitrogens with one attached hydrogen (secondary N) is 3. The highest BCUT2D eigenvalue weighted by molar-refractivity contribution is 5.94. The first kappa shape index (κ1) is 35.2. The maximum atomic E-state index is 13.6. The number of ether oxygens (including phenoxy) is 2. The van der Waals surface area contributed by atoms with Crippen LogP contribution in [-0.4, -0.2) is 89.9 Å². The summed E-state index contributed by atoms with van der Waals surface area (Å²) in [5.74, 6) is -1.90. The van der Waals surface area contributed by atoms with E-state index in [-0.39, 0.29) is 18.6 Å². The molecule has 2 amide bonds. The van der Waals surface area contributed by atoms with Gasteiger partial charge in [-0.05, 0) is 29.5 Å². The van der Waals surface area contributed by atoms with E-state index < -0.39 is 60.2 Å². The lowest BCUT2D eigenvalue weighted by Crippen LogP contribution is -2.53. The number of aliphatic hydroxyl groups is 2. The number of H-pyrrole nitrogens is 1. The van der Waals surface area contributed by atoms with Crippen molar-refractivity contribution in [3.05, 3.63) is 71.9 Å². The van der Waals surface area contributed by atoms with Gasteiger partial charge in [0.15, 0.2) is 6.61 Å². The lowest BCUT2D eigenvalue weighted by molar-refractivity contribution is -0.145. The molecule has 0 saturated carbocycles. The average molecular weight is 625 g/mol. The summed E-state index contributed by atoms with van der Waals surface area (Å²) in [7, 11) is 2.69. The third-order valence-corrected chi connectivity index (χ3v) is 7.25. The van der Waals surface area contributed by atoms with Gasteiger partial charge in [-0.1, -0.05) is 74.5 Å². The van der Waals surface area contributed by atoms with Crippen molar-refractivity contribution in [3.8, 4) is 0 Å². The van der Waals surface area contributed by atoms with Gasteiger partial charge in [0.2, 0.25) is 5.91 Å². The Morgan fingerprint density at radius 2 is 1.60 bits per heavy atom. The van der Waals surface area contributed by atoms with Crippen LogP contribution in [0, 0.1) is 5.41 Å². The van der Waals surface area contributed by atoms with Gasteiger partial charge in [0, 0.05) is 37.1 Å². The van der Waals surface area contributed by atoms with Crippen LogP contribution < -0.4 is 10.6 Å². The number of aromatic nitrogens is 1. The first-order valence-corrected chi connectivity index (χ1v) is 14.7. The molecular weight excluding hydrogens is 580 g/mol. The fourth-order valence-corrected chi connectivity index (χ4v) is 5.01. The second kappa shape index (κ2) is 16.2. The Morgan fingerprint density at radius 1 is 0.933 bits per heavy atom. The fourth-order valence-electron chi connectivity index (χ4n) is 5.01. The zero-order valence-corrected chi connectivity index (χ0v) is 26.6. The number of oxime groups is 1. The summed E-state index contributed by atoms with van der Waals surface area (Å²) in [6.07, 6.45) is -1.23. The lowest BCUT2D eigenvalue weighted by Gasteiger charge is -2.32. The molecule has 0 fully saturated rings. The number of benzene rings is 2. The minimum Gasteiger partial charge on any atom is -0.467 e. The van der Waals surface area contributed by atoms with Gasteiger partial charge in [-0.25, -0.2) is 4.79 Å². The van der Waals surface area contributed by atoms with E-state index in [9.17, 15) is 24.6 Å². The van der Waals surface area contributed by atoms with E-state index in [1.165, 1.54) is 21.1 Å². The largest absolute Gasteiger partial charge is 0.467 e. The number of carbonyl (C=O) groups excluding carboxylic acids is 3. The molecule has 1 heterocycles. The molecule has 5 atom stereocenters. The Bertz CT molecular complexity index is 1450. The minimum absolute atomic E-state index is 0.0181. The van der Waals surface area contributed by atoms with Crippen molar-refractivity contribution in [2.24, 2.45) is 10.6 Å². The first-order chi connectivity index (χ1) is 21.3. The van der Waals surface area contributed by atoms with Gasteiger partial charge >= 0.3 is 5.97 Å². The van der Waals surface area contributed by atoms with Crippen molar-refractivity contribution < 1.29 is 38.9 Å². The van der Waals surface area contributed by atoms with Crippen LogP contribution in [0.3, 0.4) is 0 Å². The second-order valence-corrected chi connectivity index (χ2v) is 11.9. The third kappa shape index (κ3) is 9.87. The van der Waals surface area contributed by atoms with Crippen LogP contribution in [0.4, 0.5) is 0 Å². The third-order valence-electron chi connectivity index (χ3n) is 7.25. The number of amides is 2. The smallest absolute Gasteiger partial charge is 0.328 e. The molecule has 1 aromatic heterocycles. The SMILES string of the molecule is COC(=O)C(Cc1c[nH]c2ccccc12)NC(=O)[C@H](Cc1ccccc1)NC(=O)CO/N=C(\C(O)C(C)O)[C@@H](OC)C(C)(C)C. The van der Waals surface area contributed by atoms with Crippen LogP contribution >= 0.6 is 0 Å². The molecule has 3 rings (SSSR count). The molecule has 0 aliphatic rings. The van der Waals surface area contributed by atoms with Crippen molar-refractivity contribution in [3.63, 3.8) is 0 Å². The van der Waals surface area contributed by atoms with Crippen molar-refractivity contribution in [2.45, 2.75) is 70.9 Å². The number of hydrogen-bond acceptors (Lipinski definition) is 9. The van der Waals surface area contributed by atoms with Crippen LogP contribution in [0.2, 0.25) is 0 Å². The van der Waals surface area contributed by atoms with Crippen LogP contribution in [0.5, 0.6) is 0 Å². The zero-order chi connectivity index (χ0) is 33.1. The standard InChI is InChI=1S/C33H44N4O8/c1-20(38)29(40)28(30(43-5)33(2,3)4)37-45-19-27(39)35-25(16-21-12-8-7-9-13-21)31(41)36-26(32(42)44-6)17-22-18-34-24-15-11-10-14-23(22)24/h7-15,18,20,25-26,29-30,34,38,40H,16-17,19H2,1-6H3,(H,35,39)(H,36,41)/b37-28+/t20?,25-,26?,29?,30+/m0/s1. The molecule has 244 valence electrons. The number of hydrogen-bond donors (Lipinski definition) is 5. The van der Waals surface area contributed by atoms with Crippen molar-refractivity contribution in [2.75, 3.05) is 20.8 Å². The first-order valence-electron chi connectivity index (χ1n) is 14.7. The van der Waals surface area contributed by atoms with Gasteiger partial charge in [-0.2, -0.15) is 0 Å².